The van der Waals surface area contributed by atoms with Crippen LogP contribution in [0, 0.1) is 0 Å². The normalized spacial score (nSPS) is 12.4. The lowest BCUT2D eigenvalue weighted by molar-refractivity contribution is 0.687. The van der Waals surface area contributed by atoms with Crippen LogP contribution in [0.2, 0.25) is 0 Å². The first-order valence-corrected chi connectivity index (χ1v) is 7.20. The van der Waals surface area contributed by atoms with Gasteiger partial charge in [-0.2, -0.15) is 0 Å². The minimum Gasteiger partial charge on any atom is -0.370 e. The van der Waals surface area contributed by atoms with E-state index in [1.54, 1.807) is 6.20 Å². The Balaban J connectivity index is 2.06. The number of anilines is 1. The predicted molar refractivity (Wildman–Crippen MR) is 77.8 cm³/mol. The quantitative estimate of drug-likeness (QED) is 0.849. The van der Waals surface area contributed by atoms with Gasteiger partial charge in [-0.25, -0.2) is 0 Å². The minimum absolute atomic E-state index is 0.463. The van der Waals surface area contributed by atoms with Crippen molar-refractivity contribution in [1.29, 1.82) is 0 Å². The molecule has 1 unspecified atom stereocenters. The molecule has 17 heavy (non-hydrogen) atoms. The first-order valence-electron chi connectivity index (χ1n) is 5.52. The zero-order valence-corrected chi connectivity index (χ0v) is 12.3. The average molecular weight is 311 g/mol. The molecular weight excluding hydrogens is 296 g/mol. The molecule has 0 saturated heterocycles. The largest absolute Gasteiger partial charge is 0.370 e. The van der Waals surface area contributed by atoms with Crippen LogP contribution in [0.3, 0.4) is 0 Å². The van der Waals surface area contributed by atoms with Gasteiger partial charge in [0, 0.05) is 35.1 Å². The first-order chi connectivity index (χ1) is 8.16. The van der Waals surface area contributed by atoms with E-state index in [1.807, 2.05) is 17.5 Å². The number of hydrogen-bond acceptors (Lipinski definition) is 3. The van der Waals surface area contributed by atoms with Gasteiger partial charge in [-0.1, -0.05) is 6.07 Å². The summed E-state index contributed by atoms with van der Waals surface area (Å²) in [6.07, 6.45) is 4.78. The molecule has 0 aromatic carbocycles. The van der Waals surface area contributed by atoms with Gasteiger partial charge in [0.05, 0.1) is 11.9 Å². The Labute approximate surface area is 114 Å². The van der Waals surface area contributed by atoms with Crippen molar-refractivity contribution in [3.05, 3.63) is 45.3 Å². The molecule has 1 atom stereocenters. The van der Waals surface area contributed by atoms with E-state index >= 15 is 0 Å². The summed E-state index contributed by atoms with van der Waals surface area (Å²) in [5.41, 5.74) is 1.14. The molecule has 0 radical (unpaired) electrons. The molecular formula is C13H15BrN2S. The fourth-order valence-corrected chi connectivity index (χ4v) is 2.88. The lowest BCUT2D eigenvalue weighted by Crippen LogP contribution is -2.30. The van der Waals surface area contributed by atoms with Crippen LogP contribution in [0.15, 0.2) is 40.4 Å². The van der Waals surface area contributed by atoms with Crippen molar-refractivity contribution in [1.82, 2.24) is 4.98 Å². The summed E-state index contributed by atoms with van der Waals surface area (Å²) in [6.45, 7) is 2.24. The van der Waals surface area contributed by atoms with E-state index in [0.717, 1.165) is 16.6 Å². The Hall–Kier alpha value is -0.870. The van der Waals surface area contributed by atoms with E-state index in [1.165, 1.54) is 4.88 Å². The van der Waals surface area contributed by atoms with Crippen molar-refractivity contribution < 1.29 is 0 Å². The summed E-state index contributed by atoms with van der Waals surface area (Å²) in [4.78, 5) is 7.88. The van der Waals surface area contributed by atoms with Crippen LogP contribution < -0.4 is 4.90 Å². The Morgan fingerprint density at radius 1 is 1.47 bits per heavy atom. The van der Waals surface area contributed by atoms with Gasteiger partial charge in [-0.15, -0.1) is 11.3 Å². The van der Waals surface area contributed by atoms with Crippen LogP contribution in [0.25, 0.3) is 0 Å². The molecule has 0 N–H and O–H groups in total. The molecule has 0 aliphatic carbocycles. The third kappa shape index (κ3) is 3.30. The first kappa shape index (κ1) is 12.6. The Morgan fingerprint density at radius 3 is 2.94 bits per heavy atom. The molecule has 2 nitrogen and oxygen atoms in total. The van der Waals surface area contributed by atoms with Gasteiger partial charge < -0.3 is 4.90 Å². The highest BCUT2D eigenvalue weighted by atomic mass is 79.9. The van der Waals surface area contributed by atoms with Crippen molar-refractivity contribution in [2.24, 2.45) is 0 Å². The maximum absolute atomic E-state index is 4.20. The molecule has 0 amide bonds. The van der Waals surface area contributed by atoms with Crippen LogP contribution in [0.1, 0.15) is 11.8 Å². The maximum Gasteiger partial charge on any atom is 0.0563 e. The van der Waals surface area contributed by atoms with Gasteiger partial charge >= 0.3 is 0 Å². The van der Waals surface area contributed by atoms with Gasteiger partial charge in [0.1, 0.15) is 0 Å². The van der Waals surface area contributed by atoms with Crippen LogP contribution >= 0.6 is 27.3 Å². The molecule has 0 bridgehead atoms. The topological polar surface area (TPSA) is 16.1 Å². The molecule has 4 heteroatoms. The molecule has 0 spiro atoms. The predicted octanol–water partition coefficient (Wildman–Crippen LogP) is 3.97. The summed E-state index contributed by atoms with van der Waals surface area (Å²) in [5, 5.41) is 2.13. The highest BCUT2D eigenvalue weighted by molar-refractivity contribution is 9.10. The molecule has 0 aliphatic heterocycles. The van der Waals surface area contributed by atoms with Crippen molar-refractivity contribution in [2.45, 2.75) is 19.4 Å². The zero-order valence-electron chi connectivity index (χ0n) is 9.93. The second-order valence-electron chi connectivity index (χ2n) is 4.10. The van der Waals surface area contributed by atoms with Crippen LogP contribution in [-0.2, 0) is 6.42 Å². The van der Waals surface area contributed by atoms with Gasteiger partial charge in [0.2, 0.25) is 0 Å². The van der Waals surface area contributed by atoms with Crippen molar-refractivity contribution >= 4 is 33.0 Å². The average Bonchev–Trinajstić information content (AvgIpc) is 2.80. The monoisotopic (exact) mass is 310 g/mol. The van der Waals surface area contributed by atoms with Gasteiger partial charge in [0.25, 0.3) is 0 Å². The molecule has 0 fully saturated rings. The lowest BCUT2D eigenvalue weighted by atomic mass is 10.2. The number of hydrogen-bond donors (Lipinski definition) is 0. The Morgan fingerprint density at radius 2 is 2.29 bits per heavy atom. The summed E-state index contributed by atoms with van der Waals surface area (Å²) in [5.74, 6) is 0. The zero-order chi connectivity index (χ0) is 12.3. The molecule has 2 aromatic heterocycles. The lowest BCUT2D eigenvalue weighted by Gasteiger charge is -2.26. The highest BCUT2D eigenvalue weighted by Crippen LogP contribution is 2.21. The number of nitrogens with zero attached hydrogens (tertiary/aromatic N) is 2. The number of thiophene rings is 1. The van der Waals surface area contributed by atoms with E-state index in [0.29, 0.717) is 6.04 Å². The summed E-state index contributed by atoms with van der Waals surface area (Å²) in [7, 11) is 2.11. The Bertz CT molecular complexity index is 470. The third-order valence-electron chi connectivity index (χ3n) is 2.84. The van der Waals surface area contributed by atoms with Crippen LogP contribution in [0.5, 0.6) is 0 Å². The molecule has 2 heterocycles. The van der Waals surface area contributed by atoms with Crippen molar-refractivity contribution in [3.8, 4) is 0 Å². The summed E-state index contributed by atoms with van der Waals surface area (Å²) < 4.78 is 1.02. The maximum atomic E-state index is 4.20. The number of aromatic nitrogens is 1. The van der Waals surface area contributed by atoms with Gasteiger partial charge in [-0.05, 0) is 40.4 Å². The minimum atomic E-state index is 0.463. The second kappa shape index (κ2) is 5.65. The van der Waals surface area contributed by atoms with E-state index < -0.39 is 0 Å². The Kier molecular flexibility index (Phi) is 4.18. The fourth-order valence-electron chi connectivity index (χ4n) is 1.70. The SMILES string of the molecule is CC(Cc1cccs1)N(C)c1cncc(Br)c1. The molecule has 0 saturated carbocycles. The number of rotatable bonds is 4. The molecule has 2 aromatic rings. The van der Waals surface area contributed by atoms with E-state index in [-0.39, 0.29) is 0 Å². The number of halogens is 1. The van der Waals surface area contributed by atoms with Gasteiger partial charge in [-0.3, -0.25) is 4.98 Å². The second-order valence-corrected chi connectivity index (χ2v) is 6.05. The smallest absolute Gasteiger partial charge is 0.0563 e. The number of pyridine rings is 1. The van der Waals surface area contributed by atoms with Gasteiger partial charge in [0.15, 0.2) is 0 Å². The van der Waals surface area contributed by atoms with E-state index in [9.17, 15) is 0 Å². The third-order valence-corrected chi connectivity index (χ3v) is 4.17. The van der Waals surface area contributed by atoms with E-state index in [4.69, 9.17) is 0 Å². The standard InChI is InChI=1S/C13H15BrN2S/c1-10(6-13-4-3-5-17-13)16(2)12-7-11(14)8-15-9-12/h3-5,7-10H,6H2,1-2H3. The molecule has 2 rings (SSSR count). The number of likely N-dealkylation sites (N-methyl/N-ethyl adjacent to an activating group) is 1. The van der Waals surface area contributed by atoms with Crippen molar-refractivity contribution in [2.75, 3.05) is 11.9 Å². The van der Waals surface area contributed by atoms with Crippen LogP contribution in [0.4, 0.5) is 5.69 Å². The highest BCUT2D eigenvalue weighted by Gasteiger charge is 2.11. The van der Waals surface area contributed by atoms with Crippen LogP contribution in [-0.4, -0.2) is 18.1 Å². The summed E-state index contributed by atoms with van der Waals surface area (Å²) in [6, 6.07) is 6.85. The van der Waals surface area contributed by atoms with E-state index in [2.05, 4.69) is 63.4 Å². The van der Waals surface area contributed by atoms with Crippen molar-refractivity contribution in [3.63, 3.8) is 0 Å². The molecule has 90 valence electrons. The molecule has 0 aliphatic rings. The summed E-state index contributed by atoms with van der Waals surface area (Å²) >= 11 is 5.27. The fraction of sp³-hybridized carbons (Fsp3) is 0.308.